The van der Waals surface area contributed by atoms with Crippen LogP contribution < -0.4 is 5.32 Å². The van der Waals surface area contributed by atoms with Crippen molar-refractivity contribution in [1.29, 1.82) is 0 Å². The molecule has 0 aliphatic heterocycles. The quantitative estimate of drug-likeness (QED) is 0.876. The van der Waals surface area contributed by atoms with Crippen LogP contribution in [-0.4, -0.2) is 40.3 Å². The molecule has 0 radical (unpaired) electrons. The van der Waals surface area contributed by atoms with Crippen molar-refractivity contribution in [1.82, 2.24) is 10.2 Å². The first-order valence-electron chi connectivity index (χ1n) is 7.18. The van der Waals surface area contributed by atoms with Crippen LogP contribution in [0, 0.1) is 0 Å². The lowest BCUT2D eigenvalue weighted by atomic mass is 10.0. The number of nitrogens with zero attached hydrogens (tertiary/aromatic N) is 1. The van der Waals surface area contributed by atoms with Crippen molar-refractivity contribution >= 4 is 12.2 Å². The minimum absolute atomic E-state index is 0.184. The highest BCUT2D eigenvalue weighted by Crippen LogP contribution is 2.16. The molecule has 6 nitrogen and oxygen atoms in total. The van der Waals surface area contributed by atoms with E-state index in [1.807, 2.05) is 51.1 Å². The Balaban J connectivity index is 2.44. The molecule has 0 saturated heterocycles. The molecule has 1 aromatic carbocycles. The molecule has 22 heavy (non-hydrogen) atoms. The van der Waals surface area contributed by atoms with Crippen molar-refractivity contribution in [2.24, 2.45) is 0 Å². The van der Waals surface area contributed by atoms with Gasteiger partial charge in [0.2, 0.25) is 0 Å². The van der Waals surface area contributed by atoms with Gasteiger partial charge in [-0.05, 0) is 33.3 Å². The molecule has 1 aromatic rings. The fraction of sp³-hybridized carbons (Fsp3) is 0.500. The predicted molar refractivity (Wildman–Crippen MR) is 83.7 cm³/mol. The van der Waals surface area contributed by atoms with Gasteiger partial charge in [0.15, 0.2) is 0 Å². The highest BCUT2D eigenvalue weighted by molar-refractivity contribution is 5.68. The molecule has 0 aromatic heterocycles. The predicted octanol–water partition coefficient (Wildman–Crippen LogP) is 3.08. The maximum atomic E-state index is 11.7. The first-order valence-corrected chi connectivity index (χ1v) is 7.18. The van der Waals surface area contributed by atoms with E-state index in [-0.39, 0.29) is 19.2 Å². The van der Waals surface area contributed by atoms with E-state index in [2.05, 4.69) is 5.32 Å². The van der Waals surface area contributed by atoms with E-state index in [4.69, 9.17) is 4.74 Å². The Bertz CT molecular complexity index is 497. The minimum atomic E-state index is -1.01. The molecule has 6 heteroatoms. The Morgan fingerprint density at radius 2 is 1.86 bits per heavy atom. The summed E-state index contributed by atoms with van der Waals surface area (Å²) in [6, 6.07) is 8.99. The van der Waals surface area contributed by atoms with Gasteiger partial charge in [-0.3, -0.25) is 4.90 Å². The largest absolute Gasteiger partial charge is 0.465 e. The van der Waals surface area contributed by atoms with E-state index < -0.39 is 17.7 Å². The monoisotopic (exact) mass is 308 g/mol. The summed E-state index contributed by atoms with van der Waals surface area (Å²) in [6.07, 6.45) is -1.57. The highest BCUT2D eigenvalue weighted by atomic mass is 16.5. The van der Waals surface area contributed by atoms with Gasteiger partial charge in [0.25, 0.3) is 0 Å². The first-order chi connectivity index (χ1) is 10.2. The molecule has 0 fully saturated rings. The molecule has 0 heterocycles. The van der Waals surface area contributed by atoms with Crippen LogP contribution in [-0.2, 0) is 11.3 Å². The van der Waals surface area contributed by atoms with Crippen LogP contribution in [0.3, 0.4) is 0 Å². The molecule has 122 valence electrons. The van der Waals surface area contributed by atoms with Crippen LogP contribution in [0.25, 0.3) is 0 Å². The summed E-state index contributed by atoms with van der Waals surface area (Å²) in [5.41, 5.74) is 0.355. The van der Waals surface area contributed by atoms with Crippen molar-refractivity contribution in [2.45, 2.75) is 45.9 Å². The maximum absolute atomic E-state index is 11.7. The minimum Gasteiger partial charge on any atom is -0.465 e. The van der Waals surface area contributed by atoms with Gasteiger partial charge in [-0.25, -0.2) is 9.59 Å². The van der Waals surface area contributed by atoms with Crippen molar-refractivity contribution in [3.63, 3.8) is 0 Å². The summed E-state index contributed by atoms with van der Waals surface area (Å²) in [6.45, 7) is 7.55. The molecule has 0 bridgehead atoms. The van der Waals surface area contributed by atoms with Crippen molar-refractivity contribution < 1.29 is 19.4 Å². The van der Waals surface area contributed by atoms with Crippen molar-refractivity contribution in [2.75, 3.05) is 6.54 Å². The topological polar surface area (TPSA) is 78.9 Å². The molecular weight excluding hydrogens is 284 g/mol. The Kier molecular flexibility index (Phi) is 6.22. The number of carbonyl (C=O) groups excluding carboxylic acids is 1. The van der Waals surface area contributed by atoms with Crippen molar-refractivity contribution in [3.8, 4) is 0 Å². The lowest BCUT2D eigenvalue weighted by Gasteiger charge is -2.38. The number of rotatable bonds is 5. The smallest absolute Gasteiger partial charge is 0.408 e. The van der Waals surface area contributed by atoms with Crippen LogP contribution in [0.15, 0.2) is 30.3 Å². The molecule has 0 aliphatic carbocycles. The van der Waals surface area contributed by atoms with Gasteiger partial charge in [0.1, 0.15) is 6.61 Å². The number of alkyl carbamates (subject to hydrolysis) is 1. The van der Waals surface area contributed by atoms with Gasteiger partial charge in [-0.2, -0.15) is 0 Å². The van der Waals surface area contributed by atoms with Crippen LogP contribution >= 0.6 is 0 Å². The Labute approximate surface area is 131 Å². The molecule has 0 saturated carbocycles. The zero-order valence-corrected chi connectivity index (χ0v) is 13.5. The van der Waals surface area contributed by atoms with E-state index in [1.165, 1.54) is 4.90 Å². The van der Waals surface area contributed by atoms with Gasteiger partial charge >= 0.3 is 12.2 Å². The fourth-order valence-electron chi connectivity index (χ4n) is 2.23. The second-order valence-corrected chi connectivity index (χ2v) is 6.12. The third-order valence-corrected chi connectivity index (χ3v) is 3.12. The number of carboxylic acid groups (broad SMARTS) is 1. The standard InChI is InChI=1S/C16H24N2O4/c1-12(18(15(20)21)16(2,3)4)10-17-14(19)22-11-13-8-6-5-7-9-13/h5-9,12H,10-11H2,1-4H3,(H,17,19)(H,20,21)/t12-/m1/s1. The van der Waals surface area contributed by atoms with Crippen LogP contribution in [0.5, 0.6) is 0 Å². The second kappa shape index (κ2) is 7.68. The number of hydrogen-bond acceptors (Lipinski definition) is 3. The van der Waals surface area contributed by atoms with E-state index in [0.29, 0.717) is 0 Å². The van der Waals surface area contributed by atoms with Crippen molar-refractivity contribution in [3.05, 3.63) is 35.9 Å². The number of benzene rings is 1. The lowest BCUT2D eigenvalue weighted by molar-refractivity contribution is 0.0731. The highest BCUT2D eigenvalue weighted by Gasteiger charge is 2.30. The average Bonchev–Trinajstić information content (AvgIpc) is 2.42. The average molecular weight is 308 g/mol. The molecule has 1 rings (SSSR count). The number of amides is 2. The molecule has 2 N–H and O–H groups in total. The van der Waals surface area contributed by atoms with Gasteiger partial charge in [-0.15, -0.1) is 0 Å². The van der Waals surface area contributed by atoms with Crippen LogP contribution in [0.1, 0.15) is 33.3 Å². The molecule has 0 spiro atoms. The lowest BCUT2D eigenvalue weighted by Crippen LogP contribution is -2.53. The Hall–Kier alpha value is -2.24. The van der Waals surface area contributed by atoms with E-state index in [0.717, 1.165) is 5.56 Å². The number of carbonyl (C=O) groups is 2. The third-order valence-electron chi connectivity index (χ3n) is 3.12. The fourth-order valence-corrected chi connectivity index (χ4v) is 2.23. The molecule has 2 amide bonds. The molecule has 0 aliphatic rings. The molecule has 1 atom stereocenters. The maximum Gasteiger partial charge on any atom is 0.408 e. The second-order valence-electron chi connectivity index (χ2n) is 6.12. The van der Waals surface area contributed by atoms with Gasteiger partial charge in [0, 0.05) is 12.1 Å². The summed E-state index contributed by atoms with van der Waals surface area (Å²) in [4.78, 5) is 24.3. The van der Waals surface area contributed by atoms with Gasteiger partial charge < -0.3 is 15.2 Å². The van der Waals surface area contributed by atoms with Gasteiger partial charge in [-0.1, -0.05) is 30.3 Å². The van der Waals surface area contributed by atoms with Crippen LogP contribution in [0.2, 0.25) is 0 Å². The molecular formula is C16H24N2O4. The molecule has 0 unspecified atom stereocenters. The van der Waals surface area contributed by atoms with E-state index in [9.17, 15) is 14.7 Å². The zero-order valence-electron chi connectivity index (χ0n) is 13.5. The summed E-state index contributed by atoms with van der Waals surface area (Å²) in [5, 5.41) is 11.9. The SMILES string of the molecule is C[C@H](CNC(=O)OCc1ccccc1)N(C(=O)O)C(C)(C)C. The summed E-state index contributed by atoms with van der Waals surface area (Å²) in [5.74, 6) is 0. The summed E-state index contributed by atoms with van der Waals surface area (Å²) < 4.78 is 5.09. The van der Waals surface area contributed by atoms with Gasteiger partial charge in [0.05, 0.1) is 6.04 Å². The Morgan fingerprint density at radius 3 is 2.36 bits per heavy atom. The summed E-state index contributed by atoms with van der Waals surface area (Å²) >= 11 is 0. The number of nitrogens with one attached hydrogen (secondary N) is 1. The summed E-state index contributed by atoms with van der Waals surface area (Å²) in [7, 11) is 0. The van der Waals surface area contributed by atoms with Crippen LogP contribution in [0.4, 0.5) is 9.59 Å². The Morgan fingerprint density at radius 1 is 1.27 bits per heavy atom. The first kappa shape index (κ1) is 17.8. The normalized spacial score (nSPS) is 12.4. The third kappa shape index (κ3) is 5.63. The van der Waals surface area contributed by atoms with E-state index >= 15 is 0 Å². The zero-order chi connectivity index (χ0) is 16.8. The number of ether oxygens (including phenoxy) is 1. The number of hydrogen-bond donors (Lipinski definition) is 2. The van der Waals surface area contributed by atoms with E-state index in [1.54, 1.807) is 6.92 Å².